The molecule has 1 aromatic rings. The Morgan fingerprint density at radius 3 is 2.67 bits per heavy atom. The first kappa shape index (κ1) is 16.9. The zero-order valence-corrected chi connectivity index (χ0v) is 13.0. The van der Waals surface area contributed by atoms with Gasteiger partial charge in [-0.25, -0.2) is 9.78 Å². The van der Waals surface area contributed by atoms with Gasteiger partial charge in [0, 0.05) is 12.7 Å². The molecule has 2 N–H and O–H groups in total. The van der Waals surface area contributed by atoms with Crippen LogP contribution in [-0.2, 0) is 9.53 Å². The van der Waals surface area contributed by atoms with Crippen LogP contribution in [0.25, 0.3) is 0 Å². The van der Waals surface area contributed by atoms with Crippen molar-refractivity contribution in [3.8, 4) is 0 Å². The number of amides is 1. The third kappa shape index (κ3) is 5.41. The van der Waals surface area contributed by atoms with Gasteiger partial charge in [0.1, 0.15) is 17.4 Å². The zero-order valence-electron chi connectivity index (χ0n) is 13.0. The predicted molar refractivity (Wildman–Crippen MR) is 81.1 cm³/mol. The van der Waals surface area contributed by atoms with Gasteiger partial charge in [0.05, 0.1) is 6.61 Å². The van der Waals surface area contributed by atoms with E-state index >= 15 is 0 Å². The Kier molecular flexibility index (Phi) is 6.65. The van der Waals surface area contributed by atoms with E-state index in [1.807, 2.05) is 13.8 Å². The number of aromatic nitrogens is 1. The molecule has 1 atom stereocenters. The van der Waals surface area contributed by atoms with Crippen LogP contribution < -0.4 is 10.6 Å². The highest BCUT2D eigenvalue weighted by Gasteiger charge is 2.18. The van der Waals surface area contributed by atoms with E-state index in [4.69, 9.17) is 4.74 Å². The van der Waals surface area contributed by atoms with E-state index in [1.165, 1.54) is 0 Å². The predicted octanol–water partition coefficient (Wildman–Crippen LogP) is 1.83. The van der Waals surface area contributed by atoms with Gasteiger partial charge in [-0.05, 0) is 31.9 Å². The lowest BCUT2D eigenvalue weighted by Crippen LogP contribution is -2.39. The van der Waals surface area contributed by atoms with Crippen molar-refractivity contribution in [3.63, 3.8) is 0 Å². The topological polar surface area (TPSA) is 80.3 Å². The van der Waals surface area contributed by atoms with E-state index in [0.29, 0.717) is 23.8 Å². The number of anilines is 1. The van der Waals surface area contributed by atoms with Gasteiger partial charge in [-0.15, -0.1) is 0 Å². The van der Waals surface area contributed by atoms with E-state index in [9.17, 15) is 9.59 Å². The van der Waals surface area contributed by atoms with Crippen LogP contribution in [0.4, 0.5) is 5.82 Å². The fourth-order valence-electron chi connectivity index (χ4n) is 1.62. The standard InChI is InChI=1S/C15H23N3O3/c1-5-21-15(20)12-7-6-8-16-13(12)18-11(4)14(19)17-9-10(2)3/h6-8,10-11H,5,9H2,1-4H3,(H,16,18)(H,17,19). The molecule has 21 heavy (non-hydrogen) atoms. The second-order valence-electron chi connectivity index (χ2n) is 5.13. The maximum Gasteiger partial charge on any atom is 0.341 e. The number of nitrogens with zero attached hydrogens (tertiary/aromatic N) is 1. The molecule has 6 heteroatoms. The molecule has 0 saturated heterocycles. The molecule has 0 aliphatic rings. The van der Waals surface area contributed by atoms with Gasteiger partial charge in [-0.2, -0.15) is 0 Å². The van der Waals surface area contributed by atoms with Gasteiger partial charge >= 0.3 is 5.97 Å². The minimum atomic E-state index is -0.494. The van der Waals surface area contributed by atoms with Gasteiger partial charge in [0.2, 0.25) is 5.91 Å². The molecule has 1 rings (SSSR count). The van der Waals surface area contributed by atoms with Crippen LogP contribution in [0.1, 0.15) is 38.1 Å². The zero-order chi connectivity index (χ0) is 15.8. The summed E-state index contributed by atoms with van der Waals surface area (Å²) in [6.07, 6.45) is 1.56. The van der Waals surface area contributed by atoms with Gasteiger partial charge in [-0.1, -0.05) is 13.8 Å². The Morgan fingerprint density at radius 1 is 1.33 bits per heavy atom. The third-order valence-electron chi connectivity index (χ3n) is 2.73. The van der Waals surface area contributed by atoms with E-state index < -0.39 is 12.0 Å². The fraction of sp³-hybridized carbons (Fsp3) is 0.533. The molecule has 0 aliphatic heterocycles. The van der Waals surface area contributed by atoms with Gasteiger partial charge in [0.25, 0.3) is 0 Å². The molecule has 1 aromatic heterocycles. The Morgan fingerprint density at radius 2 is 2.05 bits per heavy atom. The number of rotatable bonds is 7. The Bertz CT molecular complexity index is 489. The second kappa shape index (κ2) is 8.24. The summed E-state index contributed by atoms with van der Waals surface area (Å²) in [5.74, 6) is 0.140. The lowest BCUT2D eigenvalue weighted by Gasteiger charge is -2.17. The molecule has 0 saturated carbocycles. The summed E-state index contributed by atoms with van der Waals surface area (Å²) in [6, 6.07) is 2.78. The van der Waals surface area contributed by atoms with Crippen molar-refractivity contribution in [1.82, 2.24) is 10.3 Å². The summed E-state index contributed by atoms with van der Waals surface area (Å²) in [5, 5.41) is 5.78. The van der Waals surface area contributed by atoms with Crippen molar-refractivity contribution < 1.29 is 14.3 Å². The van der Waals surface area contributed by atoms with Crippen molar-refractivity contribution in [2.45, 2.75) is 33.7 Å². The number of nitrogens with one attached hydrogen (secondary N) is 2. The highest BCUT2D eigenvalue weighted by Crippen LogP contribution is 2.14. The molecule has 0 aromatic carbocycles. The van der Waals surface area contributed by atoms with Crippen molar-refractivity contribution in [2.75, 3.05) is 18.5 Å². The minimum absolute atomic E-state index is 0.135. The molecule has 6 nitrogen and oxygen atoms in total. The van der Waals surface area contributed by atoms with Crippen molar-refractivity contribution in [3.05, 3.63) is 23.9 Å². The number of carbonyl (C=O) groups is 2. The SMILES string of the molecule is CCOC(=O)c1cccnc1NC(C)C(=O)NCC(C)C. The fourth-order valence-corrected chi connectivity index (χ4v) is 1.62. The monoisotopic (exact) mass is 293 g/mol. The van der Waals surface area contributed by atoms with Crippen molar-refractivity contribution >= 4 is 17.7 Å². The Hall–Kier alpha value is -2.11. The van der Waals surface area contributed by atoms with Crippen LogP contribution in [0.3, 0.4) is 0 Å². The Balaban J connectivity index is 2.73. The molecule has 116 valence electrons. The van der Waals surface area contributed by atoms with Crippen LogP contribution in [0.5, 0.6) is 0 Å². The average molecular weight is 293 g/mol. The molecule has 0 aliphatic carbocycles. The quantitative estimate of drug-likeness (QED) is 0.750. The number of ether oxygens (including phenoxy) is 1. The summed E-state index contributed by atoms with van der Waals surface area (Å²) < 4.78 is 4.97. The van der Waals surface area contributed by atoms with Gasteiger partial charge in [0.15, 0.2) is 0 Å². The van der Waals surface area contributed by atoms with E-state index in [2.05, 4.69) is 15.6 Å². The van der Waals surface area contributed by atoms with Crippen molar-refractivity contribution in [2.24, 2.45) is 5.92 Å². The number of carbonyl (C=O) groups excluding carboxylic acids is 2. The van der Waals surface area contributed by atoms with Gasteiger partial charge < -0.3 is 15.4 Å². The molecule has 1 amide bonds. The largest absolute Gasteiger partial charge is 0.462 e. The first-order valence-corrected chi connectivity index (χ1v) is 7.12. The number of pyridine rings is 1. The molecule has 0 fully saturated rings. The summed E-state index contributed by atoms with van der Waals surface area (Å²) in [5.41, 5.74) is 0.322. The van der Waals surface area contributed by atoms with Gasteiger partial charge in [-0.3, -0.25) is 4.79 Å². The Labute approximate surface area is 125 Å². The maximum atomic E-state index is 11.9. The number of hydrogen-bond donors (Lipinski definition) is 2. The summed E-state index contributed by atoms with van der Waals surface area (Å²) >= 11 is 0. The average Bonchev–Trinajstić information content (AvgIpc) is 2.45. The van der Waals surface area contributed by atoms with Crippen molar-refractivity contribution in [1.29, 1.82) is 0 Å². The first-order valence-electron chi connectivity index (χ1n) is 7.12. The molecular formula is C15H23N3O3. The smallest absolute Gasteiger partial charge is 0.341 e. The number of esters is 1. The summed E-state index contributed by atoms with van der Waals surface area (Å²) in [6.45, 7) is 8.41. The molecule has 0 bridgehead atoms. The van der Waals surface area contributed by atoms with Crippen LogP contribution in [0.2, 0.25) is 0 Å². The normalized spacial score (nSPS) is 11.9. The highest BCUT2D eigenvalue weighted by molar-refractivity contribution is 5.95. The van der Waals surface area contributed by atoms with Crippen LogP contribution in [-0.4, -0.2) is 36.1 Å². The highest BCUT2D eigenvalue weighted by atomic mass is 16.5. The van der Waals surface area contributed by atoms with E-state index in [-0.39, 0.29) is 12.5 Å². The molecule has 1 unspecified atom stereocenters. The lowest BCUT2D eigenvalue weighted by atomic mass is 10.2. The molecular weight excluding hydrogens is 270 g/mol. The van der Waals surface area contributed by atoms with Crippen LogP contribution in [0.15, 0.2) is 18.3 Å². The molecule has 1 heterocycles. The molecule has 0 radical (unpaired) electrons. The third-order valence-corrected chi connectivity index (χ3v) is 2.73. The summed E-state index contributed by atoms with van der Waals surface area (Å²) in [7, 11) is 0. The van der Waals surface area contributed by atoms with E-state index in [1.54, 1.807) is 32.2 Å². The number of hydrogen-bond acceptors (Lipinski definition) is 5. The van der Waals surface area contributed by atoms with Crippen LogP contribution >= 0.6 is 0 Å². The molecule has 0 spiro atoms. The minimum Gasteiger partial charge on any atom is -0.462 e. The summed E-state index contributed by atoms with van der Waals surface area (Å²) in [4.78, 5) is 27.9. The van der Waals surface area contributed by atoms with E-state index in [0.717, 1.165) is 0 Å². The van der Waals surface area contributed by atoms with Crippen LogP contribution in [0, 0.1) is 5.92 Å². The second-order valence-corrected chi connectivity index (χ2v) is 5.13. The maximum absolute atomic E-state index is 11.9. The lowest BCUT2D eigenvalue weighted by molar-refractivity contribution is -0.121. The first-order chi connectivity index (χ1) is 9.95.